The van der Waals surface area contributed by atoms with Gasteiger partial charge in [-0.2, -0.15) is 0 Å². The third-order valence-electron chi connectivity index (χ3n) is 2.99. The number of hydrogen-bond acceptors (Lipinski definition) is 4. The second-order valence-electron chi connectivity index (χ2n) is 4.03. The molecule has 0 bridgehead atoms. The summed E-state index contributed by atoms with van der Waals surface area (Å²) in [5.41, 5.74) is 0. The molecule has 5 nitrogen and oxygen atoms in total. The van der Waals surface area contributed by atoms with E-state index < -0.39 is 11.8 Å². The SMILES string of the molecule is O=[N+]([O-])C1COC2(CCCCC2)OC1. The first-order valence-corrected chi connectivity index (χ1v) is 5.13. The Labute approximate surface area is 82.5 Å². The molecule has 0 aromatic carbocycles. The van der Waals surface area contributed by atoms with Crippen molar-refractivity contribution in [1.82, 2.24) is 0 Å². The van der Waals surface area contributed by atoms with Crippen LogP contribution in [0.2, 0.25) is 0 Å². The van der Waals surface area contributed by atoms with Crippen LogP contribution in [-0.2, 0) is 9.47 Å². The summed E-state index contributed by atoms with van der Waals surface area (Å²) < 4.78 is 11.0. The quantitative estimate of drug-likeness (QED) is 0.474. The maximum atomic E-state index is 10.5. The molecule has 2 fully saturated rings. The molecule has 1 spiro atoms. The minimum Gasteiger partial charge on any atom is -0.343 e. The highest BCUT2D eigenvalue weighted by molar-refractivity contribution is 4.79. The van der Waals surface area contributed by atoms with E-state index in [0.717, 1.165) is 25.7 Å². The normalized spacial score (nSPS) is 27.7. The smallest absolute Gasteiger partial charge is 0.259 e. The lowest BCUT2D eigenvalue weighted by Crippen LogP contribution is -2.49. The maximum Gasteiger partial charge on any atom is 0.259 e. The molecule has 1 saturated carbocycles. The molecule has 2 rings (SSSR count). The predicted octanol–water partition coefficient (Wildman–Crippen LogP) is 1.34. The van der Waals surface area contributed by atoms with E-state index in [9.17, 15) is 10.1 Å². The highest BCUT2D eigenvalue weighted by atomic mass is 16.7. The van der Waals surface area contributed by atoms with Crippen LogP contribution < -0.4 is 0 Å². The lowest BCUT2D eigenvalue weighted by atomic mass is 9.93. The summed E-state index contributed by atoms with van der Waals surface area (Å²) in [7, 11) is 0. The molecule has 0 amide bonds. The molecule has 80 valence electrons. The number of nitro groups is 1. The molecule has 1 aliphatic carbocycles. The van der Waals surface area contributed by atoms with E-state index in [4.69, 9.17) is 9.47 Å². The molecule has 0 aromatic rings. The van der Waals surface area contributed by atoms with Gasteiger partial charge in [-0.25, -0.2) is 0 Å². The van der Waals surface area contributed by atoms with Gasteiger partial charge >= 0.3 is 0 Å². The third-order valence-corrected chi connectivity index (χ3v) is 2.99. The first-order chi connectivity index (χ1) is 6.72. The van der Waals surface area contributed by atoms with Gasteiger partial charge in [0.05, 0.1) is 0 Å². The Balaban J connectivity index is 1.90. The molecule has 0 N–H and O–H groups in total. The molecule has 0 radical (unpaired) electrons. The Bertz CT molecular complexity index is 215. The average molecular weight is 201 g/mol. The van der Waals surface area contributed by atoms with Crippen molar-refractivity contribution in [3.63, 3.8) is 0 Å². The zero-order chi connectivity index (χ0) is 10.0. The topological polar surface area (TPSA) is 61.6 Å². The van der Waals surface area contributed by atoms with Gasteiger partial charge in [0.2, 0.25) is 0 Å². The Kier molecular flexibility index (Phi) is 2.69. The second-order valence-corrected chi connectivity index (χ2v) is 4.03. The van der Waals surface area contributed by atoms with E-state index in [0.29, 0.717) is 0 Å². The minimum absolute atomic E-state index is 0.201. The van der Waals surface area contributed by atoms with Gasteiger partial charge in [-0.15, -0.1) is 0 Å². The molecule has 1 saturated heterocycles. The molecular weight excluding hydrogens is 186 g/mol. The van der Waals surface area contributed by atoms with Gasteiger partial charge in [0.25, 0.3) is 6.04 Å². The van der Waals surface area contributed by atoms with Crippen molar-refractivity contribution in [1.29, 1.82) is 0 Å². The molecule has 1 aliphatic heterocycles. The fourth-order valence-corrected chi connectivity index (χ4v) is 2.09. The lowest BCUT2D eigenvalue weighted by Gasteiger charge is -2.40. The van der Waals surface area contributed by atoms with E-state index in [2.05, 4.69) is 0 Å². The van der Waals surface area contributed by atoms with Crippen molar-refractivity contribution in [3.8, 4) is 0 Å². The minimum atomic E-state index is -0.678. The summed E-state index contributed by atoms with van der Waals surface area (Å²) in [4.78, 5) is 10.1. The van der Waals surface area contributed by atoms with Crippen molar-refractivity contribution in [2.24, 2.45) is 0 Å². The summed E-state index contributed by atoms with van der Waals surface area (Å²) in [6.45, 7) is 0.403. The number of nitrogens with zero attached hydrogens (tertiary/aromatic N) is 1. The third kappa shape index (κ3) is 1.88. The average Bonchev–Trinajstić information content (AvgIpc) is 2.19. The second kappa shape index (κ2) is 3.82. The van der Waals surface area contributed by atoms with Crippen LogP contribution in [-0.4, -0.2) is 30.0 Å². The van der Waals surface area contributed by atoms with Gasteiger partial charge in [-0.3, -0.25) is 10.1 Å². The van der Waals surface area contributed by atoms with Crippen molar-refractivity contribution in [2.75, 3.05) is 13.2 Å². The van der Waals surface area contributed by atoms with E-state index in [1.165, 1.54) is 6.42 Å². The van der Waals surface area contributed by atoms with Crippen LogP contribution in [0.25, 0.3) is 0 Å². The van der Waals surface area contributed by atoms with Crippen LogP contribution in [0.4, 0.5) is 0 Å². The van der Waals surface area contributed by atoms with Crippen molar-refractivity contribution >= 4 is 0 Å². The van der Waals surface area contributed by atoms with Crippen LogP contribution >= 0.6 is 0 Å². The highest BCUT2D eigenvalue weighted by Gasteiger charge is 2.41. The molecular formula is C9H15NO4. The largest absolute Gasteiger partial charge is 0.343 e. The Hall–Kier alpha value is -0.680. The first kappa shape index (κ1) is 9.86. The maximum absolute atomic E-state index is 10.5. The molecule has 14 heavy (non-hydrogen) atoms. The van der Waals surface area contributed by atoms with Gasteiger partial charge in [0.1, 0.15) is 13.2 Å². The Morgan fingerprint density at radius 3 is 2.21 bits per heavy atom. The van der Waals surface area contributed by atoms with Crippen molar-refractivity contribution in [2.45, 2.75) is 43.9 Å². The summed E-state index contributed by atoms with van der Waals surface area (Å²) >= 11 is 0. The van der Waals surface area contributed by atoms with Crippen molar-refractivity contribution in [3.05, 3.63) is 10.1 Å². The summed E-state index contributed by atoms with van der Waals surface area (Å²) in [5, 5.41) is 10.5. The lowest BCUT2D eigenvalue weighted by molar-refractivity contribution is -0.550. The predicted molar refractivity (Wildman–Crippen MR) is 48.5 cm³/mol. The van der Waals surface area contributed by atoms with E-state index in [-0.39, 0.29) is 18.1 Å². The van der Waals surface area contributed by atoms with Crippen LogP contribution in [0.15, 0.2) is 0 Å². The highest BCUT2D eigenvalue weighted by Crippen LogP contribution is 2.35. The molecule has 0 unspecified atom stereocenters. The van der Waals surface area contributed by atoms with Crippen LogP contribution in [0, 0.1) is 10.1 Å². The monoisotopic (exact) mass is 201 g/mol. The molecule has 0 aromatic heterocycles. The summed E-state index contributed by atoms with van der Waals surface area (Å²) in [6, 6.07) is -0.678. The van der Waals surface area contributed by atoms with Crippen LogP contribution in [0.1, 0.15) is 32.1 Å². The zero-order valence-electron chi connectivity index (χ0n) is 8.11. The van der Waals surface area contributed by atoms with Gasteiger partial charge in [0.15, 0.2) is 5.79 Å². The summed E-state index contributed by atoms with van der Waals surface area (Å²) in [6.07, 6.45) is 5.19. The van der Waals surface area contributed by atoms with Crippen LogP contribution in [0.3, 0.4) is 0 Å². The Morgan fingerprint density at radius 2 is 1.71 bits per heavy atom. The van der Waals surface area contributed by atoms with E-state index in [1.54, 1.807) is 0 Å². The molecule has 5 heteroatoms. The fourth-order valence-electron chi connectivity index (χ4n) is 2.09. The van der Waals surface area contributed by atoms with Gasteiger partial charge in [0, 0.05) is 17.8 Å². The van der Waals surface area contributed by atoms with Gasteiger partial charge in [-0.05, 0) is 12.8 Å². The van der Waals surface area contributed by atoms with Gasteiger partial charge in [-0.1, -0.05) is 6.42 Å². The Morgan fingerprint density at radius 1 is 1.14 bits per heavy atom. The first-order valence-electron chi connectivity index (χ1n) is 5.13. The molecule has 2 aliphatic rings. The van der Waals surface area contributed by atoms with Gasteiger partial charge < -0.3 is 9.47 Å². The fraction of sp³-hybridized carbons (Fsp3) is 1.00. The molecule has 1 heterocycles. The number of ether oxygens (including phenoxy) is 2. The van der Waals surface area contributed by atoms with E-state index >= 15 is 0 Å². The number of hydrogen-bond donors (Lipinski definition) is 0. The van der Waals surface area contributed by atoms with Crippen LogP contribution in [0.5, 0.6) is 0 Å². The molecule has 0 atom stereocenters. The standard InChI is InChI=1S/C9H15NO4/c11-10(12)8-6-13-9(14-7-8)4-2-1-3-5-9/h8H,1-7H2. The van der Waals surface area contributed by atoms with E-state index in [1.807, 2.05) is 0 Å². The zero-order valence-corrected chi connectivity index (χ0v) is 8.11. The number of rotatable bonds is 1. The van der Waals surface area contributed by atoms with Crippen molar-refractivity contribution < 1.29 is 14.4 Å². The summed E-state index contributed by atoms with van der Waals surface area (Å²) in [5.74, 6) is -0.481.